The van der Waals surface area contributed by atoms with Crippen LogP contribution >= 0.6 is 11.8 Å². The molecule has 0 bridgehead atoms. The third kappa shape index (κ3) is 6.36. The predicted octanol–water partition coefficient (Wildman–Crippen LogP) is 6.41. The van der Waals surface area contributed by atoms with E-state index < -0.39 is 0 Å². The Morgan fingerprint density at radius 1 is 0.864 bits per heavy atom. The lowest BCUT2D eigenvalue weighted by atomic mass is 9.83. The molecule has 0 spiro atoms. The summed E-state index contributed by atoms with van der Waals surface area (Å²) in [6, 6.07) is 0. The number of rotatable bonds is 1. The van der Waals surface area contributed by atoms with Crippen molar-refractivity contribution in [2.75, 3.05) is 5.75 Å². The standard InChI is InChI=1S/C21H26S/c1-16(2)21-18(4)12-8-7-11-17(3)15-22-20(6)14-10-9-13-19(21)5/h7-14,16,21H,3-6,15H2,1-2H3/b11-7-,12-8-,13-9-,14-10-. The van der Waals surface area contributed by atoms with Gasteiger partial charge in [0.25, 0.3) is 0 Å². The average molecular weight is 311 g/mol. The van der Waals surface area contributed by atoms with E-state index in [4.69, 9.17) is 0 Å². The molecule has 0 saturated heterocycles. The molecule has 1 aliphatic rings. The molecule has 1 heterocycles. The summed E-state index contributed by atoms with van der Waals surface area (Å²) in [6.07, 6.45) is 16.2. The second-order valence-corrected chi connectivity index (χ2v) is 6.82. The molecule has 0 nitrogen and oxygen atoms in total. The van der Waals surface area contributed by atoms with Gasteiger partial charge in [-0.25, -0.2) is 0 Å². The van der Waals surface area contributed by atoms with Crippen molar-refractivity contribution in [1.29, 1.82) is 0 Å². The number of hydrogen-bond acceptors (Lipinski definition) is 1. The van der Waals surface area contributed by atoms with Crippen LogP contribution in [0.4, 0.5) is 0 Å². The maximum atomic E-state index is 4.21. The van der Waals surface area contributed by atoms with Crippen molar-refractivity contribution in [3.05, 3.63) is 96.5 Å². The summed E-state index contributed by atoms with van der Waals surface area (Å²) >= 11 is 1.69. The molecule has 1 unspecified atom stereocenters. The van der Waals surface area contributed by atoms with E-state index in [0.29, 0.717) is 5.92 Å². The van der Waals surface area contributed by atoms with Gasteiger partial charge in [-0.1, -0.05) is 82.7 Å². The minimum atomic E-state index is 0.250. The van der Waals surface area contributed by atoms with Crippen molar-refractivity contribution in [3.8, 4) is 0 Å². The first-order valence-corrected chi connectivity index (χ1v) is 8.47. The lowest BCUT2D eigenvalue weighted by Crippen LogP contribution is -2.11. The fourth-order valence-electron chi connectivity index (χ4n) is 2.30. The highest BCUT2D eigenvalue weighted by Crippen LogP contribution is 2.28. The molecular weight excluding hydrogens is 284 g/mol. The molecule has 0 aromatic carbocycles. The van der Waals surface area contributed by atoms with Gasteiger partial charge in [0.15, 0.2) is 0 Å². The molecular formula is C21H26S. The Labute approximate surface area is 140 Å². The van der Waals surface area contributed by atoms with Crippen molar-refractivity contribution >= 4 is 11.8 Å². The first-order valence-electron chi connectivity index (χ1n) is 7.48. The quantitative estimate of drug-likeness (QED) is 0.539. The van der Waals surface area contributed by atoms with Crippen molar-refractivity contribution in [2.45, 2.75) is 13.8 Å². The van der Waals surface area contributed by atoms with Crippen molar-refractivity contribution in [2.24, 2.45) is 11.8 Å². The highest BCUT2D eigenvalue weighted by atomic mass is 32.2. The summed E-state index contributed by atoms with van der Waals surface area (Å²) in [5.41, 5.74) is 3.23. The topological polar surface area (TPSA) is 0 Å². The van der Waals surface area contributed by atoms with Crippen LogP contribution in [0, 0.1) is 11.8 Å². The maximum absolute atomic E-state index is 4.21. The monoisotopic (exact) mass is 310 g/mol. The minimum Gasteiger partial charge on any atom is -0.122 e. The molecule has 0 aliphatic carbocycles. The Morgan fingerprint density at radius 3 is 1.91 bits per heavy atom. The Morgan fingerprint density at radius 2 is 1.36 bits per heavy atom. The third-order valence-electron chi connectivity index (χ3n) is 3.37. The summed E-state index contributed by atoms with van der Waals surface area (Å²) < 4.78 is 0. The van der Waals surface area contributed by atoms with Crippen LogP contribution in [0.5, 0.6) is 0 Å². The molecule has 1 atom stereocenters. The van der Waals surface area contributed by atoms with Gasteiger partial charge in [0, 0.05) is 16.6 Å². The molecule has 0 saturated carbocycles. The van der Waals surface area contributed by atoms with Gasteiger partial charge < -0.3 is 0 Å². The molecule has 0 amide bonds. The lowest BCUT2D eigenvalue weighted by Gasteiger charge is -2.22. The van der Waals surface area contributed by atoms with E-state index in [1.807, 2.05) is 36.5 Å². The molecule has 0 radical (unpaired) electrons. The SMILES string of the molecule is C=C1/C=C\C=C/C(=C)C(C(C)C)C(=C)/C=C\C=C/C(=C)SC1. The maximum Gasteiger partial charge on any atom is 0.0225 e. The largest absolute Gasteiger partial charge is 0.122 e. The average Bonchev–Trinajstić information content (AvgIpc) is 2.45. The van der Waals surface area contributed by atoms with Crippen LogP contribution in [-0.4, -0.2) is 5.75 Å². The fraction of sp³-hybridized carbons (Fsp3) is 0.238. The number of thioether (sulfide) groups is 1. The van der Waals surface area contributed by atoms with Crippen LogP contribution in [0.2, 0.25) is 0 Å². The van der Waals surface area contributed by atoms with Gasteiger partial charge in [0.1, 0.15) is 0 Å². The van der Waals surface area contributed by atoms with Gasteiger partial charge in [-0.2, -0.15) is 0 Å². The zero-order valence-corrected chi connectivity index (χ0v) is 14.5. The van der Waals surface area contributed by atoms with Crippen molar-refractivity contribution in [1.82, 2.24) is 0 Å². The van der Waals surface area contributed by atoms with E-state index in [0.717, 1.165) is 27.4 Å². The first-order chi connectivity index (χ1) is 10.4. The van der Waals surface area contributed by atoms with E-state index >= 15 is 0 Å². The molecule has 1 rings (SSSR count). The Kier molecular flexibility index (Phi) is 7.76. The highest BCUT2D eigenvalue weighted by molar-refractivity contribution is 8.03. The Balaban J connectivity index is 3.05. The van der Waals surface area contributed by atoms with Gasteiger partial charge in [-0.3, -0.25) is 0 Å². The van der Waals surface area contributed by atoms with Crippen molar-refractivity contribution < 1.29 is 0 Å². The Bertz CT molecular complexity index is 517. The highest BCUT2D eigenvalue weighted by Gasteiger charge is 2.16. The summed E-state index contributed by atoms with van der Waals surface area (Å²) in [7, 11) is 0. The second-order valence-electron chi connectivity index (χ2n) is 5.72. The van der Waals surface area contributed by atoms with Crippen LogP contribution in [0.15, 0.2) is 96.5 Å². The molecule has 1 heteroatoms. The first kappa shape index (κ1) is 18.3. The third-order valence-corrected chi connectivity index (χ3v) is 4.39. The number of hydrogen-bond donors (Lipinski definition) is 0. The summed E-state index contributed by atoms with van der Waals surface area (Å²) in [4.78, 5) is 1.03. The normalized spacial score (nSPS) is 27.1. The van der Waals surface area contributed by atoms with E-state index in [9.17, 15) is 0 Å². The lowest BCUT2D eigenvalue weighted by molar-refractivity contribution is 0.520. The van der Waals surface area contributed by atoms with Gasteiger partial charge >= 0.3 is 0 Å². The smallest absolute Gasteiger partial charge is 0.0225 e. The Hall–Kier alpha value is -1.73. The second kappa shape index (κ2) is 9.32. The van der Waals surface area contributed by atoms with E-state index in [1.54, 1.807) is 11.8 Å². The van der Waals surface area contributed by atoms with Crippen LogP contribution in [0.1, 0.15) is 13.8 Å². The summed E-state index contributed by atoms with van der Waals surface area (Å²) in [6.45, 7) is 20.9. The molecule has 22 heavy (non-hydrogen) atoms. The molecule has 0 fully saturated rings. The molecule has 116 valence electrons. The van der Waals surface area contributed by atoms with E-state index in [2.05, 4.69) is 52.3 Å². The van der Waals surface area contributed by atoms with Gasteiger partial charge in [-0.05, 0) is 28.7 Å². The predicted molar refractivity (Wildman–Crippen MR) is 104 cm³/mol. The van der Waals surface area contributed by atoms with E-state index in [-0.39, 0.29) is 5.92 Å². The van der Waals surface area contributed by atoms with Crippen LogP contribution in [-0.2, 0) is 0 Å². The molecule has 0 aromatic rings. The van der Waals surface area contributed by atoms with Crippen LogP contribution in [0.3, 0.4) is 0 Å². The van der Waals surface area contributed by atoms with Gasteiger partial charge in [0.2, 0.25) is 0 Å². The van der Waals surface area contributed by atoms with E-state index in [1.165, 1.54) is 0 Å². The molecule has 0 N–H and O–H groups in total. The minimum absolute atomic E-state index is 0.250. The summed E-state index contributed by atoms with van der Waals surface area (Å²) in [5, 5.41) is 0. The molecule has 1 aliphatic heterocycles. The fourth-order valence-corrected chi connectivity index (χ4v) is 2.94. The van der Waals surface area contributed by atoms with Crippen LogP contribution < -0.4 is 0 Å². The summed E-state index contributed by atoms with van der Waals surface area (Å²) in [5.74, 6) is 1.55. The molecule has 0 aromatic heterocycles. The zero-order chi connectivity index (χ0) is 16.5. The van der Waals surface area contributed by atoms with Gasteiger partial charge in [0.05, 0.1) is 0 Å². The number of allylic oxidation sites excluding steroid dienone is 10. The zero-order valence-electron chi connectivity index (χ0n) is 13.7. The van der Waals surface area contributed by atoms with Gasteiger partial charge in [-0.15, -0.1) is 11.8 Å². The van der Waals surface area contributed by atoms with Crippen LogP contribution in [0.25, 0.3) is 0 Å². The van der Waals surface area contributed by atoms with Crippen molar-refractivity contribution in [3.63, 3.8) is 0 Å².